The predicted molar refractivity (Wildman–Crippen MR) is 66.0 cm³/mol. The second kappa shape index (κ2) is 4.72. The van der Waals surface area contributed by atoms with Crippen LogP contribution in [0.1, 0.15) is 11.4 Å². The lowest BCUT2D eigenvalue weighted by Crippen LogP contribution is -2.09. The Kier molecular flexibility index (Phi) is 3.11. The fourth-order valence-corrected chi connectivity index (χ4v) is 1.51. The van der Waals surface area contributed by atoms with Crippen molar-refractivity contribution >= 4 is 16.9 Å². The van der Waals surface area contributed by atoms with Crippen LogP contribution in [0.4, 0.5) is 0 Å². The summed E-state index contributed by atoms with van der Waals surface area (Å²) in [7, 11) is 1.26. The molecule has 0 unspecified atom stereocenters. The fraction of sp³-hybridized carbons (Fsp3) is 0.154. The van der Waals surface area contributed by atoms with Gasteiger partial charge in [0.15, 0.2) is 0 Å². The van der Waals surface area contributed by atoms with Crippen molar-refractivity contribution in [2.24, 2.45) is 0 Å². The number of nitrogens with zero attached hydrogens (tertiary/aromatic N) is 1. The summed E-state index contributed by atoms with van der Waals surface area (Å²) in [6.07, 6.45) is 0. The molecule has 0 atom stereocenters. The molecule has 0 saturated carbocycles. The minimum absolute atomic E-state index is 0.223. The number of carbonyl (C=O) groups excluding carboxylic acids is 1. The zero-order valence-corrected chi connectivity index (χ0v) is 9.90. The summed E-state index contributed by atoms with van der Waals surface area (Å²) in [4.78, 5) is 29.4. The summed E-state index contributed by atoms with van der Waals surface area (Å²) in [6, 6.07) is 4.99. The molecule has 0 spiro atoms. The van der Waals surface area contributed by atoms with E-state index in [-0.39, 0.29) is 5.56 Å². The van der Waals surface area contributed by atoms with Gasteiger partial charge in [-0.25, -0.2) is 9.78 Å². The third-order valence-electron chi connectivity index (χ3n) is 2.32. The number of carbonyl (C=O) groups is 1. The maximum absolute atomic E-state index is 11.7. The van der Waals surface area contributed by atoms with Gasteiger partial charge >= 0.3 is 5.97 Å². The minimum Gasteiger partial charge on any atom is -0.459 e. The van der Waals surface area contributed by atoms with Crippen LogP contribution in [0.5, 0.6) is 0 Å². The van der Waals surface area contributed by atoms with Gasteiger partial charge in [-0.2, -0.15) is 0 Å². The number of ether oxygens (including phenoxy) is 1. The molecule has 1 heterocycles. The smallest absolute Gasteiger partial charge is 0.384 e. The lowest BCUT2D eigenvalue weighted by atomic mass is 10.1. The average Bonchev–Trinajstić information content (AvgIpc) is 2.36. The van der Waals surface area contributed by atoms with E-state index in [0.29, 0.717) is 22.3 Å². The van der Waals surface area contributed by atoms with Gasteiger partial charge in [0.25, 0.3) is 5.56 Å². The molecule has 0 aliphatic rings. The molecule has 0 radical (unpaired) electrons. The first kappa shape index (κ1) is 11.9. The Morgan fingerprint density at radius 2 is 2.22 bits per heavy atom. The fourth-order valence-electron chi connectivity index (χ4n) is 1.51. The topological polar surface area (TPSA) is 72.0 Å². The number of H-pyrrole nitrogens is 1. The number of fused-ring (bicyclic) bond motifs is 1. The van der Waals surface area contributed by atoms with E-state index < -0.39 is 5.97 Å². The van der Waals surface area contributed by atoms with Crippen molar-refractivity contribution in [3.8, 4) is 11.8 Å². The van der Waals surface area contributed by atoms with Crippen LogP contribution < -0.4 is 5.56 Å². The van der Waals surface area contributed by atoms with Gasteiger partial charge in [0.05, 0.1) is 18.0 Å². The van der Waals surface area contributed by atoms with Crippen molar-refractivity contribution in [2.45, 2.75) is 6.92 Å². The standard InChI is InChI=1S/C13H10N2O3/c1-8-14-11-5-3-9(4-6-12(16)18-2)7-10(11)13(17)15-8/h3,5,7H,1-2H3,(H,14,15,17). The average molecular weight is 242 g/mol. The molecule has 0 fully saturated rings. The second-order valence-corrected chi connectivity index (χ2v) is 3.62. The number of esters is 1. The Hall–Kier alpha value is -2.61. The van der Waals surface area contributed by atoms with Gasteiger partial charge in [-0.1, -0.05) is 5.92 Å². The van der Waals surface area contributed by atoms with Crippen molar-refractivity contribution < 1.29 is 9.53 Å². The summed E-state index contributed by atoms with van der Waals surface area (Å²) in [5, 5.41) is 0.442. The molecular weight excluding hydrogens is 232 g/mol. The van der Waals surface area contributed by atoms with E-state index in [1.165, 1.54) is 7.11 Å². The van der Waals surface area contributed by atoms with E-state index in [1.54, 1.807) is 25.1 Å². The monoisotopic (exact) mass is 242 g/mol. The Labute approximate surface area is 103 Å². The first-order chi connectivity index (χ1) is 8.60. The molecule has 0 aliphatic heterocycles. The number of benzene rings is 1. The quantitative estimate of drug-likeness (QED) is 0.546. The number of rotatable bonds is 0. The third-order valence-corrected chi connectivity index (χ3v) is 2.32. The molecule has 1 aromatic carbocycles. The van der Waals surface area contributed by atoms with Gasteiger partial charge in [-0.3, -0.25) is 4.79 Å². The molecule has 2 rings (SSSR count). The summed E-state index contributed by atoms with van der Waals surface area (Å²) in [5.41, 5.74) is 0.933. The van der Waals surface area contributed by atoms with Crippen LogP contribution >= 0.6 is 0 Å². The maximum Gasteiger partial charge on any atom is 0.384 e. The van der Waals surface area contributed by atoms with Gasteiger partial charge in [-0.05, 0) is 25.1 Å². The molecule has 0 bridgehead atoms. The maximum atomic E-state index is 11.7. The molecule has 0 saturated heterocycles. The largest absolute Gasteiger partial charge is 0.459 e. The summed E-state index contributed by atoms with van der Waals surface area (Å²) >= 11 is 0. The molecule has 2 aromatic rings. The number of hydrogen-bond acceptors (Lipinski definition) is 4. The van der Waals surface area contributed by atoms with Crippen molar-refractivity contribution in [3.63, 3.8) is 0 Å². The Bertz CT molecular complexity index is 735. The van der Waals surface area contributed by atoms with Crippen molar-refractivity contribution in [1.29, 1.82) is 0 Å². The molecule has 1 aromatic heterocycles. The number of hydrogen-bond donors (Lipinski definition) is 1. The molecule has 5 nitrogen and oxygen atoms in total. The Morgan fingerprint density at radius 1 is 1.44 bits per heavy atom. The lowest BCUT2D eigenvalue weighted by Gasteiger charge is -1.98. The zero-order valence-electron chi connectivity index (χ0n) is 9.90. The molecule has 90 valence electrons. The summed E-state index contributed by atoms with van der Waals surface area (Å²) < 4.78 is 4.41. The van der Waals surface area contributed by atoms with E-state index in [1.807, 2.05) is 0 Å². The van der Waals surface area contributed by atoms with E-state index in [2.05, 4.69) is 26.5 Å². The number of aromatic nitrogens is 2. The van der Waals surface area contributed by atoms with Crippen LogP contribution in [0.3, 0.4) is 0 Å². The van der Waals surface area contributed by atoms with Crippen LogP contribution in [0.25, 0.3) is 10.9 Å². The molecule has 0 aliphatic carbocycles. The van der Waals surface area contributed by atoms with E-state index >= 15 is 0 Å². The number of nitrogens with one attached hydrogen (secondary N) is 1. The number of aryl methyl sites for hydroxylation is 1. The van der Waals surface area contributed by atoms with Gasteiger partial charge in [0.2, 0.25) is 0 Å². The van der Waals surface area contributed by atoms with Crippen LogP contribution in [0.2, 0.25) is 0 Å². The highest BCUT2D eigenvalue weighted by Gasteiger charge is 2.02. The SMILES string of the molecule is COC(=O)C#Cc1ccc2nc(C)[nH]c(=O)c2c1. The molecule has 1 N–H and O–H groups in total. The summed E-state index contributed by atoms with van der Waals surface area (Å²) in [6.45, 7) is 1.71. The normalized spacial score (nSPS) is 9.67. The first-order valence-electron chi connectivity index (χ1n) is 5.21. The first-order valence-corrected chi connectivity index (χ1v) is 5.21. The highest BCUT2D eigenvalue weighted by molar-refractivity contribution is 5.89. The Balaban J connectivity index is 2.53. The number of methoxy groups -OCH3 is 1. The van der Waals surface area contributed by atoms with E-state index in [4.69, 9.17) is 0 Å². The van der Waals surface area contributed by atoms with Crippen LogP contribution in [0.15, 0.2) is 23.0 Å². The molecule has 0 amide bonds. The highest BCUT2D eigenvalue weighted by Crippen LogP contribution is 2.09. The number of aromatic amines is 1. The predicted octanol–water partition coefficient (Wildman–Crippen LogP) is 0.756. The van der Waals surface area contributed by atoms with Crippen molar-refractivity contribution in [2.75, 3.05) is 7.11 Å². The van der Waals surface area contributed by atoms with Crippen LogP contribution in [-0.4, -0.2) is 23.0 Å². The van der Waals surface area contributed by atoms with E-state index in [9.17, 15) is 9.59 Å². The van der Waals surface area contributed by atoms with Crippen LogP contribution in [0, 0.1) is 18.8 Å². The van der Waals surface area contributed by atoms with Gasteiger partial charge in [-0.15, -0.1) is 0 Å². The lowest BCUT2D eigenvalue weighted by molar-refractivity contribution is -0.133. The summed E-state index contributed by atoms with van der Waals surface area (Å²) in [5.74, 6) is 4.86. The second-order valence-electron chi connectivity index (χ2n) is 3.62. The zero-order chi connectivity index (χ0) is 13.1. The van der Waals surface area contributed by atoms with Gasteiger partial charge in [0, 0.05) is 11.5 Å². The third kappa shape index (κ3) is 2.38. The highest BCUT2D eigenvalue weighted by atomic mass is 16.5. The minimum atomic E-state index is -0.619. The van der Waals surface area contributed by atoms with E-state index in [0.717, 1.165) is 0 Å². The van der Waals surface area contributed by atoms with Gasteiger partial charge < -0.3 is 9.72 Å². The molecular formula is C13H10N2O3. The Morgan fingerprint density at radius 3 is 2.94 bits per heavy atom. The molecule has 5 heteroatoms. The van der Waals surface area contributed by atoms with Gasteiger partial charge in [0.1, 0.15) is 5.82 Å². The van der Waals surface area contributed by atoms with Crippen LogP contribution in [-0.2, 0) is 9.53 Å². The van der Waals surface area contributed by atoms with Crippen molar-refractivity contribution in [3.05, 3.63) is 39.9 Å². The molecule has 18 heavy (non-hydrogen) atoms. The van der Waals surface area contributed by atoms with Crippen molar-refractivity contribution in [1.82, 2.24) is 9.97 Å².